The van der Waals surface area contributed by atoms with Crippen LogP contribution >= 0.6 is 11.1 Å². The molecule has 1 aromatic carbocycles. The highest BCUT2D eigenvalue weighted by atomic mass is 35.6. The predicted molar refractivity (Wildman–Crippen MR) is 120 cm³/mol. The molecular formula is C24H39ClOSi. The van der Waals surface area contributed by atoms with Crippen LogP contribution in [0.4, 0.5) is 0 Å². The van der Waals surface area contributed by atoms with Gasteiger partial charge in [0.05, 0.1) is 0 Å². The minimum atomic E-state index is -1.47. The maximum absolute atomic E-state index is 7.04. The van der Waals surface area contributed by atoms with E-state index in [9.17, 15) is 0 Å². The van der Waals surface area contributed by atoms with Crippen molar-refractivity contribution in [2.24, 2.45) is 11.8 Å². The molecule has 1 saturated carbocycles. The van der Waals surface area contributed by atoms with Crippen molar-refractivity contribution >= 4 is 18.5 Å². The first kappa shape index (κ1) is 21.4. The summed E-state index contributed by atoms with van der Waals surface area (Å²) in [4.78, 5) is 0. The van der Waals surface area contributed by atoms with E-state index in [1.54, 1.807) is 12.7 Å². The summed E-state index contributed by atoms with van der Waals surface area (Å²) < 4.78 is 5.22. The molecular weight excluding hydrogens is 368 g/mol. The van der Waals surface area contributed by atoms with Crippen LogP contribution < -0.4 is 0 Å². The second-order valence-electron chi connectivity index (χ2n) is 9.19. The summed E-state index contributed by atoms with van der Waals surface area (Å²) in [6, 6.07) is 13.5. The van der Waals surface area contributed by atoms with E-state index >= 15 is 0 Å². The minimum Gasteiger partial charge on any atom is -0.385 e. The van der Waals surface area contributed by atoms with Crippen LogP contribution in [0.2, 0.25) is 18.1 Å². The Morgan fingerprint density at radius 2 is 1.59 bits per heavy atom. The van der Waals surface area contributed by atoms with Crippen LogP contribution in [0, 0.1) is 11.8 Å². The van der Waals surface area contributed by atoms with Crippen LogP contribution in [0.15, 0.2) is 24.3 Å². The molecule has 1 aliphatic carbocycles. The molecule has 0 bridgehead atoms. The van der Waals surface area contributed by atoms with Gasteiger partial charge in [0.25, 0.3) is 0 Å². The summed E-state index contributed by atoms with van der Waals surface area (Å²) in [6.45, 7) is 3.14. The van der Waals surface area contributed by atoms with Gasteiger partial charge >= 0.3 is 0 Å². The van der Waals surface area contributed by atoms with Crippen molar-refractivity contribution in [2.75, 3.05) is 13.7 Å². The summed E-state index contributed by atoms with van der Waals surface area (Å²) in [6.07, 6.45) is 12.1. The minimum absolute atomic E-state index is 0.802. The monoisotopic (exact) mass is 406 g/mol. The molecule has 1 heterocycles. The summed E-state index contributed by atoms with van der Waals surface area (Å²) in [5.74, 6) is 2.73. The highest BCUT2D eigenvalue weighted by Crippen LogP contribution is 2.46. The van der Waals surface area contributed by atoms with E-state index in [1.807, 2.05) is 0 Å². The first-order chi connectivity index (χ1) is 13.1. The maximum Gasteiger partial charge on any atom is 0.156 e. The van der Waals surface area contributed by atoms with E-state index in [0.29, 0.717) is 0 Å². The van der Waals surface area contributed by atoms with Gasteiger partial charge in [0.1, 0.15) is 0 Å². The first-order valence-corrected chi connectivity index (χ1v) is 15.0. The molecule has 0 N–H and O–H groups in total. The van der Waals surface area contributed by atoms with E-state index in [4.69, 9.17) is 15.8 Å². The van der Waals surface area contributed by atoms with E-state index in [-0.39, 0.29) is 0 Å². The quantitative estimate of drug-likeness (QED) is 0.246. The maximum atomic E-state index is 7.04. The van der Waals surface area contributed by atoms with Gasteiger partial charge in [-0.15, -0.1) is 0 Å². The Morgan fingerprint density at radius 1 is 0.963 bits per heavy atom. The van der Waals surface area contributed by atoms with Crippen LogP contribution in [0.1, 0.15) is 75.3 Å². The number of ether oxygens (including phenoxy) is 1. The molecule has 2 fully saturated rings. The van der Waals surface area contributed by atoms with Gasteiger partial charge in [-0.2, -0.15) is 11.1 Å². The van der Waals surface area contributed by atoms with Crippen LogP contribution in [0.5, 0.6) is 0 Å². The van der Waals surface area contributed by atoms with Crippen LogP contribution in [0.3, 0.4) is 0 Å². The normalized spacial score (nSPS) is 31.7. The van der Waals surface area contributed by atoms with Gasteiger partial charge < -0.3 is 4.74 Å². The SMILES string of the molecule is CCCc1ccc(C2CCC(C3CC[Si](Cl)(CCCOC)CC3)CC2)cc1. The highest BCUT2D eigenvalue weighted by Gasteiger charge is 2.38. The molecule has 2 aliphatic rings. The molecule has 3 rings (SSSR count). The Bertz CT molecular complexity index is 542. The lowest BCUT2D eigenvalue weighted by Gasteiger charge is -2.40. The van der Waals surface area contributed by atoms with Gasteiger partial charge in [-0.05, 0) is 85.5 Å². The van der Waals surface area contributed by atoms with Crippen molar-refractivity contribution in [1.29, 1.82) is 0 Å². The van der Waals surface area contributed by atoms with Gasteiger partial charge in [-0.3, -0.25) is 0 Å². The molecule has 0 amide bonds. The molecule has 27 heavy (non-hydrogen) atoms. The topological polar surface area (TPSA) is 9.23 Å². The van der Waals surface area contributed by atoms with Crippen molar-refractivity contribution in [2.45, 2.75) is 88.8 Å². The fourth-order valence-electron chi connectivity index (χ4n) is 5.58. The molecule has 0 spiro atoms. The Hall–Kier alpha value is -0.313. The van der Waals surface area contributed by atoms with Crippen LogP contribution in [0.25, 0.3) is 0 Å². The second-order valence-corrected chi connectivity index (χ2v) is 15.4. The summed E-state index contributed by atoms with van der Waals surface area (Å²) in [7, 11) is 0.335. The van der Waals surface area contributed by atoms with Gasteiger partial charge in [-0.1, -0.05) is 50.5 Å². The average molecular weight is 407 g/mol. The molecule has 3 heteroatoms. The van der Waals surface area contributed by atoms with E-state index in [2.05, 4.69) is 31.2 Å². The first-order valence-electron chi connectivity index (χ1n) is 11.4. The number of benzene rings is 1. The molecule has 152 valence electrons. The number of hydrogen-bond donors (Lipinski definition) is 0. The highest BCUT2D eigenvalue weighted by molar-refractivity contribution is 7.20. The second kappa shape index (κ2) is 10.5. The largest absolute Gasteiger partial charge is 0.385 e. The van der Waals surface area contributed by atoms with Gasteiger partial charge in [0.2, 0.25) is 0 Å². The molecule has 0 unspecified atom stereocenters. The number of hydrogen-bond acceptors (Lipinski definition) is 1. The zero-order valence-corrected chi connectivity index (χ0v) is 19.3. The molecule has 1 aliphatic heterocycles. The number of aryl methyl sites for hydroxylation is 1. The smallest absolute Gasteiger partial charge is 0.156 e. The molecule has 1 aromatic rings. The number of rotatable bonds is 8. The summed E-state index contributed by atoms with van der Waals surface area (Å²) >= 11 is 7.04. The van der Waals surface area contributed by atoms with Gasteiger partial charge in [-0.25, -0.2) is 0 Å². The van der Waals surface area contributed by atoms with Crippen molar-refractivity contribution in [1.82, 2.24) is 0 Å². The average Bonchev–Trinajstić information content (AvgIpc) is 2.70. The molecule has 0 radical (unpaired) electrons. The predicted octanol–water partition coefficient (Wildman–Crippen LogP) is 7.54. The van der Waals surface area contributed by atoms with Crippen molar-refractivity contribution in [3.05, 3.63) is 35.4 Å². The van der Waals surface area contributed by atoms with Crippen molar-refractivity contribution in [3.63, 3.8) is 0 Å². The number of methoxy groups -OCH3 is 1. The van der Waals surface area contributed by atoms with E-state index in [0.717, 1.165) is 24.4 Å². The van der Waals surface area contributed by atoms with Crippen LogP contribution in [-0.4, -0.2) is 21.1 Å². The van der Waals surface area contributed by atoms with Crippen molar-refractivity contribution < 1.29 is 4.74 Å². The van der Waals surface area contributed by atoms with Gasteiger partial charge in [0.15, 0.2) is 7.38 Å². The van der Waals surface area contributed by atoms with Gasteiger partial charge in [0, 0.05) is 13.7 Å². The fourth-order valence-corrected chi connectivity index (χ4v) is 9.94. The zero-order chi connectivity index (χ0) is 19.1. The zero-order valence-electron chi connectivity index (χ0n) is 17.5. The lowest BCUT2D eigenvalue weighted by Crippen LogP contribution is -2.35. The summed E-state index contributed by atoms with van der Waals surface area (Å²) in [5, 5.41) is 0. The third-order valence-corrected chi connectivity index (χ3v) is 12.6. The Kier molecular flexibility index (Phi) is 8.29. The molecule has 1 nitrogen and oxygen atoms in total. The standard InChI is InChI=1S/C24H39ClOSi/c1-3-5-20-6-8-21(9-7-20)22-10-12-23(13-11-22)24-14-18-27(25,19-15-24)17-4-16-26-2/h6-9,22-24H,3-5,10-19H2,1-2H3. The molecule has 0 aromatic heterocycles. The van der Waals surface area contributed by atoms with Crippen molar-refractivity contribution in [3.8, 4) is 0 Å². The molecule has 1 saturated heterocycles. The third kappa shape index (κ3) is 6.08. The Balaban J connectivity index is 1.43. The Morgan fingerprint density at radius 3 is 2.19 bits per heavy atom. The Labute approximate surface area is 172 Å². The lowest BCUT2D eigenvalue weighted by atomic mass is 9.72. The van der Waals surface area contributed by atoms with Crippen LogP contribution in [-0.2, 0) is 11.2 Å². The number of halogens is 1. The third-order valence-electron chi connectivity index (χ3n) is 7.33. The van der Waals surface area contributed by atoms with E-state index < -0.39 is 7.38 Å². The summed E-state index contributed by atoms with van der Waals surface area (Å²) in [5.41, 5.74) is 3.08. The lowest BCUT2D eigenvalue weighted by molar-refractivity contribution is 0.198. The van der Waals surface area contributed by atoms with E-state index in [1.165, 1.54) is 81.5 Å². The molecule has 0 atom stereocenters. The fraction of sp³-hybridized carbons (Fsp3) is 0.750.